The van der Waals surface area contributed by atoms with Crippen molar-refractivity contribution in [3.05, 3.63) is 53.6 Å². The minimum absolute atomic E-state index is 0.147. The van der Waals surface area contributed by atoms with E-state index in [0.29, 0.717) is 34.4 Å². The molecule has 2 heterocycles. The van der Waals surface area contributed by atoms with Crippen LogP contribution in [0.25, 0.3) is 22.3 Å². The Labute approximate surface area is 169 Å². The summed E-state index contributed by atoms with van der Waals surface area (Å²) in [6.07, 6.45) is 2.02. The fourth-order valence-corrected chi connectivity index (χ4v) is 4.21. The number of hydrogen-bond donors (Lipinski definition) is 3. The molecule has 3 N–H and O–H groups in total. The highest BCUT2D eigenvalue weighted by molar-refractivity contribution is 6.12. The number of rotatable bonds is 5. The van der Waals surface area contributed by atoms with Crippen molar-refractivity contribution >= 4 is 16.9 Å². The first-order valence-electron chi connectivity index (χ1n) is 10.0. The molecule has 0 aliphatic carbocycles. The quantitative estimate of drug-likeness (QED) is 0.618. The first-order chi connectivity index (χ1) is 14.1. The summed E-state index contributed by atoms with van der Waals surface area (Å²) in [5.41, 5.74) is 2.51. The normalized spacial score (nSPS) is 17.5. The molecule has 0 saturated carbocycles. The number of carbonyl (C=O) groups is 1. The van der Waals surface area contributed by atoms with E-state index in [-0.39, 0.29) is 24.2 Å². The summed E-state index contributed by atoms with van der Waals surface area (Å²) in [7, 11) is 1.59. The fourth-order valence-electron chi connectivity index (χ4n) is 4.21. The smallest absolute Gasteiger partial charge is 0.255 e. The lowest BCUT2D eigenvalue weighted by molar-refractivity contribution is 0.0964. The fraction of sp³-hybridized carbons (Fsp3) is 0.348. The predicted molar refractivity (Wildman–Crippen MR) is 112 cm³/mol. The van der Waals surface area contributed by atoms with Gasteiger partial charge in [-0.2, -0.15) is 0 Å². The number of amides is 1. The van der Waals surface area contributed by atoms with Crippen LogP contribution in [-0.2, 0) is 6.54 Å². The zero-order valence-electron chi connectivity index (χ0n) is 16.5. The van der Waals surface area contributed by atoms with Crippen LogP contribution < -0.4 is 5.32 Å². The number of phenols is 1. The third-order valence-corrected chi connectivity index (χ3v) is 5.67. The topological polar surface area (TPSA) is 85.9 Å². The van der Waals surface area contributed by atoms with Crippen LogP contribution in [-0.4, -0.2) is 47.8 Å². The number of benzene rings is 2. The van der Waals surface area contributed by atoms with E-state index in [4.69, 9.17) is 4.42 Å². The predicted octanol–water partition coefficient (Wildman–Crippen LogP) is 3.37. The van der Waals surface area contributed by atoms with Crippen LogP contribution in [0.4, 0.5) is 0 Å². The molecule has 4 rings (SSSR count). The van der Waals surface area contributed by atoms with Gasteiger partial charge in [0.15, 0.2) is 0 Å². The van der Waals surface area contributed by atoms with E-state index in [1.54, 1.807) is 19.2 Å². The van der Waals surface area contributed by atoms with Gasteiger partial charge < -0.3 is 19.9 Å². The maximum Gasteiger partial charge on any atom is 0.255 e. The molecule has 1 saturated heterocycles. The number of phenolic OH excluding ortho intramolecular Hbond substituents is 1. The molecule has 1 aliphatic rings. The average Bonchev–Trinajstić information content (AvgIpc) is 3.16. The minimum Gasteiger partial charge on any atom is -0.508 e. The van der Waals surface area contributed by atoms with Crippen LogP contribution in [0.3, 0.4) is 0 Å². The van der Waals surface area contributed by atoms with E-state index < -0.39 is 0 Å². The second kappa shape index (κ2) is 8.27. The van der Waals surface area contributed by atoms with Crippen LogP contribution in [0.2, 0.25) is 0 Å². The van der Waals surface area contributed by atoms with Gasteiger partial charge in [0.1, 0.15) is 17.1 Å². The molecule has 1 unspecified atom stereocenters. The van der Waals surface area contributed by atoms with Gasteiger partial charge in [-0.05, 0) is 37.4 Å². The standard InChI is InChI=1S/C23H26N2O4/c1-24-23(28)21-20-17(13-25-11-5-6-15(12-25)14-26)18(27)9-10-19(20)29-22(21)16-7-3-2-4-8-16/h2-4,7-10,15,26-27H,5-6,11-14H2,1H3,(H,24,28). The zero-order chi connectivity index (χ0) is 20.4. The molecule has 0 bridgehead atoms. The lowest BCUT2D eigenvalue weighted by atomic mass is 9.96. The second-order valence-corrected chi connectivity index (χ2v) is 7.61. The minimum atomic E-state index is -0.249. The Bertz CT molecular complexity index is 1010. The molecule has 3 aromatic rings. The van der Waals surface area contributed by atoms with E-state index in [9.17, 15) is 15.0 Å². The van der Waals surface area contributed by atoms with Crippen molar-refractivity contribution in [2.45, 2.75) is 19.4 Å². The lowest BCUT2D eigenvalue weighted by Gasteiger charge is -2.32. The third kappa shape index (κ3) is 3.73. The number of fused-ring (bicyclic) bond motifs is 1. The number of carbonyl (C=O) groups excluding carboxylic acids is 1. The number of nitrogens with one attached hydrogen (secondary N) is 1. The highest BCUT2D eigenvalue weighted by atomic mass is 16.3. The Balaban J connectivity index is 1.85. The van der Waals surface area contributed by atoms with Crippen molar-refractivity contribution in [3.63, 3.8) is 0 Å². The van der Waals surface area contributed by atoms with Gasteiger partial charge in [0.2, 0.25) is 0 Å². The molecule has 1 amide bonds. The van der Waals surface area contributed by atoms with Crippen molar-refractivity contribution in [1.82, 2.24) is 10.2 Å². The van der Waals surface area contributed by atoms with E-state index in [0.717, 1.165) is 31.5 Å². The number of aromatic hydroxyl groups is 1. The number of aliphatic hydroxyl groups is 1. The van der Waals surface area contributed by atoms with Gasteiger partial charge in [0, 0.05) is 43.3 Å². The Kier molecular flexibility index (Phi) is 5.56. The SMILES string of the molecule is CNC(=O)c1c(-c2ccccc2)oc2ccc(O)c(CN3CCCC(CO)C3)c12. The Hall–Kier alpha value is -2.83. The van der Waals surface area contributed by atoms with Crippen molar-refractivity contribution < 1.29 is 19.4 Å². The van der Waals surface area contributed by atoms with E-state index in [1.807, 2.05) is 30.3 Å². The summed E-state index contributed by atoms with van der Waals surface area (Å²) < 4.78 is 6.10. The van der Waals surface area contributed by atoms with Crippen LogP contribution >= 0.6 is 0 Å². The van der Waals surface area contributed by atoms with E-state index in [2.05, 4.69) is 10.2 Å². The first kappa shape index (κ1) is 19.5. The monoisotopic (exact) mass is 394 g/mol. The van der Waals surface area contributed by atoms with Crippen molar-refractivity contribution in [1.29, 1.82) is 0 Å². The van der Waals surface area contributed by atoms with Crippen LogP contribution in [0, 0.1) is 5.92 Å². The molecule has 6 nitrogen and oxygen atoms in total. The second-order valence-electron chi connectivity index (χ2n) is 7.61. The number of likely N-dealkylation sites (tertiary alicyclic amines) is 1. The number of furan rings is 1. The molecule has 1 aromatic heterocycles. The molecule has 2 aromatic carbocycles. The van der Waals surface area contributed by atoms with Gasteiger partial charge in [0.25, 0.3) is 5.91 Å². The summed E-state index contributed by atoms with van der Waals surface area (Å²) in [6.45, 7) is 2.33. The maximum absolute atomic E-state index is 12.8. The molecule has 152 valence electrons. The Morgan fingerprint density at radius 2 is 2.03 bits per heavy atom. The summed E-state index contributed by atoms with van der Waals surface area (Å²) in [5, 5.41) is 23.6. The highest BCUT2D eigenvalue weighted by Crippen LogP contribution is 2.39. The molecular formula is C23H26N2O4. The molecule has 1 fully saturated rings. The molecule has 6 heteroatoms. The molecular weight excluding hydrogens is 368 g/mol. The van der Waals surface area contributed by atoms with Crippen LogP contribution in [0.1, 0.15) is 28.8 Å². The zero-order valence-corrected chi connectivity index (χ0v) is 16.5. The van der Waals surface area contributed by atoms with Gasteiger partial charge in [-0.3, -0.25) is 9.69 Å². The number of aliphatic hydroxyl groups excluding tert-OH is 1. The Morgan fingerprint density at radius 3 is 2.76 bits per heavy atom. The van der Waals surface area contributed by atoms with Crippen LogP contribution in [0.15, 0.2) is 46.9 Å². The highest BCUT2D eigenvalue weighted by Gasteiger charge is 2.27. The lowest BCUT2D eigenvalue weighted by Crippen LogP contribution is -2.36. The van der Waals surface area contributed by atoms with Crippen molar-refractivity contribution in [2.24, 2.45) is 5.92 Å². The van der Waals surface area contributed by atoms with Crippen LogP contribution in [0.5, 0.6) is 5.75 Å². The molecule has 0 spiro atoms. The van der Waals surface area contributed by atoms with Gasteiger partial charge in [-0.25, -0.2) is 0 Å². The van der Waals surface area contributed by atoms with Crippen molar-refractivity contribution in [2.75, 3.05) is 26.7 Å². The maximum atomic E-state index is 12.8. The first-order valence-corrected chi connectivity index (χ1v) is 10.0. The van der Waals surface area contributed by atoms with Gasteiger partial charge in [-0.1, -0.05) is 30.3 Å². The van der Waals surface area contributed by atoms with Gasteiger partial charge in [0.05, 0.1) is 5.56 Å². The Morgan fingerprint density at radius 1 is 1.24 bits per heavy atom. The largest absolute Gasteiger partial charge is 0.508 e. The third-order valence-electron chi connectivity index (χ3n) is 5.67. The summed E-state index contributed by atoms with van der Waals surface area (Å²) >= 11 is 0. The van der Waals surface area contributed by atoms with E-state index in [1.165, 1.54) is 0 Å². The summed E-state index contributed by atoms with van der Waals surface area (Å²) in [5.74, 6) is 0.641. The summed E-state index contributed by atoms with van der Waals surface area (Å²) in [4.78, 5) is 15.1. The molecule has 0 radical (unpaired) electrons. The molecule has 1 atom stereocenters. The van der Waals surface area contributed by atoms with Gasteiger partial charge >= 0.3 is 0 Å². The number of hydrogen-bond acceptors (Lipinski definition) is 5. The molecule has 1 aliphatic heterocycles. The average molecular weight is 394 g/mol. The van der Waals surface area contributed by atoms with E-state index >= 15 is 0 Å². The van der Waals surface area contributed by atoms with Gasteiger partial charge in [-0.15, -0.1) is 0 Å². The molecule has 29 heavy (non-hydrogen) atoms. The van der Waals surface area contributed by atoms with Crippen molar-refractivity contribution in [3.8, 4) is 17.1 Å². The number of nitrogens with zero attached hydrogens (tertiary/aromatic N) is 1. The summed E-state index contributed by atoms with van der Waals surface area (Å²) in [6, 6.07) is 12.8. The number of piperidine rings is 1.